The molecule has 1 N–H and O–H groups in total. The first-order valence-corrected chi connectivity index (χ1v) is 11.8. The maximum absolute atomic E-state index is 14.3. The largest absolute Gasteiger partial charge is 0.348 e. The fraction of sp³-hybridized carbons (Fsp3) is 0.381. The van der Waals surface area contributed by atoms with Gasteiger partial charge in [-0.25, -0.2) is 12.8 Å². The third-order valence-corrected chi connectivity index (χ3v) is 7.66. The molecule has 5 nitrogen and oxygen atoms in total. The van der Waals surface area contributed by atoms with Crippen molar-refractivity contribution in [1.29, 1.82) is 0 Å². The molecular weight excluding hydrogens is 450 g/mol. The first-order chi connectivity index (χ1) is 14.1. The predicted octanol–water partition coefficient (Wildman–Crippen LogP) is 4.73. The zero-order valence-electron chi connectivity index (χ0n) is 16.7. The van der Waals surface area contributed by atoms with Gasteiger partial charge in [-0.3, -0.25) is 4.79 Å². The van der Waals surface area contributed by atoms with E-state index in [-0.39, 0.29) is 28.8 Å². The second-order valence-corrected chi connectivity index (χ2v) is 10.6. The number of carbonyl (C=O) groups is 1. The molecule has 162 valence electrons. The molecule has 1 fully saturated rings. The lowest BCUT2D eigenvalue weighted by Crippen LogP contribution is -2.42. The Kier molecular flexibility index (Phi) is 7.07. The number of halogens is 3. The summed E-state index contributed by atoms with van der Waals surface area (Å²) in [6, 6.07) is 8.19. The predicted molar refractivity (Wildman–Crippen MR) is 116 cm³/mol. The van der Waals surface area contributed by atoms with Gasteiger partial charge < -0.3 is 5.32 Å². The number of nitrogens with zero attached hydrogens (tertiary/aromatic N) is 1. The van der Waals surface area contributed by atoms with Crippen molar-refractivity contribution in [2.45, 2.75) is 31.7 Å². The van der Waals surface area contributed by atoms with Crippen molar-refractivity contribution < 1.29 is 17.6 Å². The molecule has 1 aliphatic heterocycles. The fourth-order valence-corrected chi connectivity index (χ4v) is 5.74. The average molecular weight is 473 g/mol. The molecule has 1 heterocycles. The highest BCUT2D eigenvalue weighted by Gasteiger charge is 2.32. The van der Waals surface area contributed by atoms with E-state index in [9.17, 15) is 17.6 Å². The van der Waals surface area contributed by atoms with E-state index in [4.69, 9.17) is 23.2 Å². The monoisotopic (exact) mass is 472 g/mol. The Labute approximate surface area is 186 Å². The number of piperidine rings is 1. The van der Waals surface area contributed by atoms with Crippen LogP contribution in [0, 0.1) is 17.7 Å². The SMILES string of the molecule is C[C@@H]1C[C@@H](C)CN(S(=O)(=O)c2ccc(F)c(C(=O)NCc3ccc(Cl)c(Cl)c3)c2)C1. The molecule has 30 heavy (non-hydrogen) atoms. The van der Waals surface area contributed by atoms with Crippen molar-refractivity contribution in [2.75, 3.05) is 13.1 Å². The van der Waals surface area contributed by atoms with Gasteiger partial charge in [0.2, 0.25) is 10.0 Å². The molecule has 0 aliphatic carbocycles. The molecule has 2 aromatic rings. The molecule has 2 aromatic carbocycles. The van der Waals surface area contributed by atoms with Crippen LogP contribution in [-0.2, 0) is 16.6 Å². The summed E-state index contributed by atoms with van der Waals surface area (Å²) in [6.45, 7) is 4.91. The number of sulfonamides is 1. The topological polar surface area (TPSA) is 66.5 Å². The molecule has 0 aromatic heterocycles. The molecule has 0 saturated carbocycles. The Morgan fingerprint density at radius 3 is 2.40 bits per heavy atom. The maximum atomic E-state index is 14.3. The zero-order chi connectivity index (χ0) is 22.1. The van der Waals surface area contributed by atoms with Crippen molar-refractivity contribution in [1.82, 2.24) is 9.62 Å². The van der Waals surface area contributed by atoms with Crippen LogP contribution in [0.2, 0.25) is 10.0 Å². The minimum absolute atomic E-state index is 0.0906. The first-order valence-electron chi connectivity index (χ1n) is 9.59. The summed E-state index contributed by atoms with van der Waals surface area (Å²) in [4.78, 5) is 12.4. The van der Waals surface area contributed by atoms with E-state index in [1.54, 1.807) is 18.2 Å². The summed E-state index contributed by atoms with van der Waals surface area (Å²) in [6.07, 6.45) is 0.956. The van der Waals surface area contributed by atoms with Crippen molar-refractivity contribution in [3.63, 3.8) is 0 Å². The summed E-state index contributed by atoms with van der Waals surface area (Å²) in [7, 11) is -3.82. The molecule has 0 unspecified atom stereocenters. The van der Waals surface area contributed by atoms with Crippen LogP contribution in [-0.4, -0.2) is 31.7 Å². The van der Waals surface area contributed by atoms with Crippen LogP contribution < -0.4 is 5.32 Å². The van der Waals surface area contributed by atoms with Crippen LogP contribution in [0.15, 0.2) is 41.3 Å². The minimum Gasteiger partial charge on any atom is -0.348 e. The lowest BCUT2D eigenvalue weighted by molar-refractivity contribution is 0.0946. The van der Waals surface area contributed by atoms with Crippen LogP contribution in [0.25, 0.3) is 0 Å². The van der Waals surface area contributed by atoms with Crippen LogP contribution in [0.1, 0.15) is 36.2 Å². The van der Waals surface area contributed by atoms with Crippen molar-refractivity contribution in [3.8, 4) is 0 Å². The smallest absolute Gasteiger partial charge is 0.254 e. The summed E-state index contributed by atoms with van der Waals surface area (Å²) in [5.41, 5.74) is 0.354. The Morgan fingerprint density at radius 2 is 1.77 bits per heavy atom. The van der Waals surface area contributed by atoms with Gasteiger partial charge in [-0.1, -0.05) is 43.1 Å². The highest BCUT2D eigenvalue weighted by atomic mass is 35.5. The third-order valence-electron chi connectivity index (χ3n) is 5.09. The van der Waals surface area contributed by atoms with Crippen LogP contribution >= 0.6 is 23.2 Å². The van der Waals surface area contributed by atoms with Gasteiger partial charge in [-0.05, 0) is 54.2 Å². The summed E-state index contributed by atoms with van der Waals surface area (Å²) in [5, 5.41) is 3.31. The molecule has 3 rings (SSSR count). The Balaban J connectivity index is 1.80. The molecule has 1 amide bonds. The highest BCUT2D eigenvalue weighted by molar-refractivity contribution is 7.89. The third kappa shape index (κ3) is 5.14. The molecular formula is C21H23Cl2FN2O3S. The van der Waals surface area contributed by atoms with Gasteiger partial charge in [0.05, 0.1) is 20.5 Å². The van der Waals surface area contributed by atoms with Crippen molar-refractivity contribution in [2.24, 2.45) is 11.8 Å². The Hall–Kier alpha value is -1.67. The van der Waals surface area contributed by atoms with E-state index in [0.717, 1.165) is 18.6 Å². The Bertz CT molecular complexity index is 1050. The highest BCUT2D eigenvalue weighted by Crippen LogP contribution is 2.27. The number of rotatable bonds is 5. The fourth-order valence-electron chi connectivity index (χ4n) is 3.72. The molecule has 9 heteroatoms. The first kappa shape index (κ1) is 23.0. The molecule has 0 spiro atoms. The average Bonchev–Trinajstić information content (AvgIpc) is 2.68. The minimum atomic E-state index is -3.82. The summed E-state index contributed by atoms with van der Waals surface area (Å²) in [5.74, 6) is -1.03. The lowest BCUT2D eigenvalue weighted by Gasteiger charge is -2.34. The van der Waals surface area contributed by atoms with Gasteiger partial charge in [0, 0.05) is 19.6 Å². The van der Waals surface area contributed by atoms with E-state index in [0.29, 0.717) is 28.7 Å². The normalized spacial score (nSPS) is 20.2. The second kappa shape index (κ2) is 9.22. The standard InChI is InChI=1S/C21H23Cl2FN2O3S/c1-13-7-14(2)12-26(11-13)30(28,29)16-4-6-20(24)17(9-16)21(27)25-10-15-3-5-18(22)19(23)8-15/h3-6,8-9,13-14H,7,10-12H2,1-2H3,(H,25,27)/t13-,14-/m1/s1. The van der Waals surface area contributed by atoms with E-state index in [1.165, 1.54) is 10.4 Å². The molecule has 0 bridgehead atoms. The second-order valence-electron chi connectivity index (χ2n) is 7.84. The molecule has 1 saturated heterocycles. The van der Waals surface area contributed by atoms with Gasteiger partial charge in [0.15, 0.2) is 0 Å². The molecule has 2 atom stereocenters. The van der Waals surface area contributed by atoms with Crippen LogP contribution in [0.5, 0.6) is 0 Å². The lowest BCUT2D eigenvalue weighted by atomic mass is 9.94. The van der Waals surface area contributed by atoms with Crippen molar-refractivity contribution >= 4 is 39.1 Å². The van der Waals surface area contributed by atoms with E-state index in [1.807, 2.05) is 13.8 Å². The van der Waals surface area contributed by atoms with Crippen molar-refractivity contribution in [3.05, 3.63) is 63.4 Å². The van der Waals surface area contributed by atoms with E-state index >= 15 is 0 Å². The number of nitrogens with one attached hydrogen (secondary N) is 1. The number of carbonyl (C=O) groups excluding carboxylic acids is 1. The summed E-state index contributed by atoms with van der Waals surface area (Å²) < 4.78 is 41.8. The van der Waals surface area contributed by atoms with Crippen LogP contribution in [0.3, 0.4) is 0 Å². The number of benzene rings is 2. The zero-order valence-corrected chi connectivity index (χ0v) is 19.0. The van der Waals surface area contributed by atoms with E-state index in [2.05, 4.69) is 5.32 Å². The van der Waals surface area contributed by atoms with Gasteiger partial charge in [-0.2, -0.15) is 4.31 Å². The Morgan fingerprint density at radius 1 is 1.10 bits per heavy atom. The maximum Gasteiger partial charge on any atom is 0.254 e. The number of hydrogen-bond acceptors (Lipinski definition) is 3. The number of amides is 1. The molecule has 1 aliphatic rings. The summed E-state index contributed by atoms with van der Waals surface area (Å²) >= 11 is 11.8. The molecule has 0 radical (unpaired) electrons. The number of hydrogen-bond donors (Lipinski definition) is 1. The van der Waals surface area contributed by atoms with Gasteiger partial charge in [0.25, 0.3) is 5.91 Å². The van der Waals surface area contributed by atoms with Crippen LogP contribution in [0.4, 0.5) is 4.39 Å². The quantitative estimate of drug-likeness (QED) is 0.683. The van der Waals surface area contributed by atoms with Gasteiger partial charge in [0.1, 0.15) is 5.82 Å². The van der Waals surface area contributed by atoms with E-state index < -0.39 is 21.7 Å². The van der Waals surface area contributed by atoms with Gasteiger partial charge in [-0.15, -0.1) is 0 Å². The van der Waals surface area contributed by atoms with Gasteiger partial charge >= 0.3 is 0 Å².